The molecule has 34 heavy (non-hydrogen) atoms. The Morgan fingerprint density at radius 2 is 1.68 bits per heavy atom. The van der Waals surface area contributed by atoms with Crippen LogP contribution >= 0.6 is 23.2 Å². The van der Waals surface area contributed by atoms with E-state index in [0.717, 1.165) is 42.5 Å². The fraction of sp³-hybridized carbons (Fsp3) is 0.481. The smallest absolute Gasteiger partial charge is 0.303 e. The number of halogens is 2. The molecule has 2 fully saturated rings. The molecule has 1 aliphatic carbocycles. The molecule has 0 aromatic heterocycles. The maximum absolute atomic E-state index is 13.1. The highest BCUT2D eigenvalue weighted by Gasteiger charge is 2.36. The highest BCUT2D eigenvalue weighted by Crippen LogP contribution is 2.37. The van der Waals surface area contributed by atoms with E-state index in [1.54, 1.807) is 0 Å². The van der Waals surface area contributed by atoms with Crippen molar-refractivity contribution >= 4 is 35.1 Å². The Kier molecular flexibility index (Phi) is 8.38. The molecule has 1 saturated carbocycles. The van der Waals surface area contributed by atoms with Crippen LogP contribution in [0.1, 0.15) is 56.9 Å². The van der Waals surface area contributed by atoms with Gasteiger partial charge in [0.25, 0.3) is 0 Å². The van der Waals surface area contributed by atoms with Crippen molar-refractivity contribution in [3.63, 3.8) is 0 Å². The zero-order chi connectivity index (χ0) is 24.1. The summed E-state index contributed by atoms with van der Waals surface area (Å²) in [5.41, 5.74) is 2.70. The lowest BCUT2D eigenvalue weighted by atomic mass is 9.93. The number of ether oxygens (including phenoxy) is 1. The van der Waals surface area contributed by atoms with Crippen LogP contribution in [0.4, 0.5) is 0 Å². The van der Waals surface area contributed by atoms with Gasteiger partial charge in [-0.25, -0.2) is 0 Å². The first kappa shape index (κ1) is 24.9. The summed E-state index contributed by atoms with van der Waals surface area (Å²) in [6, 6.07) is 11.8. The van der Waals surface area contributed by atoms with Gasteiger partial charge < -0.3 is 14.7 Å². The summed E-state index contributed by atoms with van der Waals surface area (Å²) in [5.74, 6) is 0.0580. The van der Waals surface area contributed by atoms with Crippen LogP contribution in [0.5, 0.6) is 5.75 Å². The first-order valence-corrected chi connectivity index (χ1v) is 12.9. The second kappa shape index (κ2) is 11.5. The Labute approximate surface area is 211 Å². The van der Waals surface area contributed by atoms with Crippen LogP contribution in [-0.2, 0) is 16.0 Å². The Morgan fingerprint density at radius 3 is 2.32 bits per heavy atom. The van der Waals surface area contributed by atoms with E-state index in [1.165, 1.54) is 19.3 Å². The van der Waals surface area contributed by atoms with Gasteiger partial charge in [0.05, 0.1) is 6.61 Å². The molecule has 1 atom stereocenters. The molecule has 1 N–H and O–H groups in total. The van der Waals surface area contributed by atoms with Gasteiger partial charge in [-0.2, -0.15) is 0 Å². The zero-order valence-electron chi connectivity index (χ0n) is 19.3. The van der Waals surface area contributed by atoms with Gasteiger partial charge in [-0.1, -0.05) is 54.6 Å². The molecule has 1 aliphatic heterocycles. The lowest BCUT2D eigenvalue weighted by Crippen LogP contribution is -2.39. The number of carbonyl (C=O) groups excluding carboxylic acids is 1. The number of benzene rings is 2. The standard InChI is InChI=1S/C27H31Cl2NO4/c28-24-16-20(18-8-10-22(11-9-18)34-14-4-7-26(31)32)17-25(29)23(24)15-19-12-13-30(27(19)33)21-5-2-1-3-6-21/h8-11,16-17,19,21H,1-7,12-15H2,(H,31,32). The quantitative estimate of drug-likeness (QED) is 0.390. The first-order chi connectivity index (χ1) is 16.4. The molecule has 5 nitrogen and oxygen atoms in total. The summed E-state index contributed by atoms with van der Waals surface area (Å²) in [4.78, 5) is 25.8. The van der Waals surface area contributed by atoms with Crippen molar-refractivity contribution in [2.45, 2.75) is 63.8 Å². The summed E-state index contributed by atoms with van der Waals surface area (Å²) >= 11 is 13.3. The summed E-state index contributed by atoms with van der Waals surface area (Å²) in [7, 11) is 0. The highest BCUT2D eigenvalue weighted by atomic mass is 35.5. The van der Waals surface area contributed by atoms with Gasteiger partial charge in [0.1, 0.15) is 5.75 Å². The summed E-state index contributed by atoms with van der Waals surface area (Å²) in [5, 5.41) is 9.87. The topological polar surface area (TPSA) is 66.8 Å². The summed E-state index contributed by atoms with van der Waals surface area (Å²) in [6.07, 6.45) is 7.95. The van der Waals surface area contributed by atoms with Crippen molar-refractivity contribution in [2.75, 3.05) is 13.2 Å². The van der Waals surface area contributed by atoms with Crippen LogP contribution in [0.15, 0.2) is 36.4 Å². The molecule has 1 heterocycles. The van der Waals surface area contributed by atoms with Gasteiger partial charge in [0, 0.05) is 35.0 Å². The Hall–Kier alpha value is -2.24. The van der Waals surface area contributed by atoms with Crippen LogP contribution in [-0.4, -0.2) is 41.1 Å². The van der Waals surface area contributed by atoms with Crippen LogP contribution < -0.4 is 4.74 Å². The number of aliphatic carboxylic acids is 1. The Balaban J connectivity index is 1.39. The van der Waals surface area contributed by atoms with Crippen LogP contribution in [0, 0.1) is 5.92 Å². The molecular formula is C27H31Cl2NO4. The number of hydrogen-bond acceptors (Lipinski definition) is 3. The fourth-order valence-electron chi connectivity index (χ4n) is 5.08. The van der Waals surface area contributed by atoms with E-state index in [9.17, 15) is 9.59 Å². The van der Waals surface area contributed by atoms with E-state index in [0.29, 0.717) is 41.3 Å². The molecule has 1 amide bonds. The predicted octanol–water partition coefficient (Wildman–Crippen LogP) is 6.63. The largest absolute Gasteiger partial charge is 0.494 e. The van der Waals surface area contributed by atoms with Crippen LogP contribution in [0.2, 0.25) is 10.0 Å². The van der Waals surface area contributed by atoms with Crippen molar-refractivity contribution in [1.82, 2.24) is 4.90 Å². The van der Waals surface area contributed by atoms with Crippen LogP contribution in [0.25, 0.3) is 11.1 Å². The molecule has 7 heteroatoms. The third-order valence-corrected chi connectivity index (χ3v) is 7.62. The molecule has 2 aromatic rings. The van der Waals surface area contributed by atoms with E-state index in [4.69, 9.17) is 33.0 Å². The highest BCUT2D eigenvalue weighted by molar-refractivity contribution is 6.36. The van der Waals surface area contributed by atoms with E-state index in [-0.39, 0.29) is 18.2 Å². The minimum absolute atomic E-state index is 0.0552. The molecule has 182 valence electrons. The summed E-state index contributed by atoms with van der Waals surface area (Å²) < 4.78 is 5.60. The third-order valence-electron chi connectivity index (χ3n) is 6.95. The van der Waals surface area contributed by atoms with E-state index in [2.05, 4.69) is 4.90 Å². The van der Waals surface area contributed by atoms with Gasteiger partial charge in [0.15, 0.2) is 0 Å². The van der Waals surface area contributed by atoms with E-state index >= 15 is 0 Å². The lowest BCUT2D eigenvalue weighted by molar-refractivity contribution is -0.137. The monoisotopic (exact) mass is 503 g/mol. The van der Waals surface area contributed by atoms with E-state index < -0.39 is 5.97 Å². The molecule has 0 radical (unpaired) electrons. The van der Waals surface area contributed by atoms with Crippen molar-refractivity contribution in [3.8, 4) is 16.9 Å². The van der Waals surface area contributed by atoms with Gasteiger partial charge in [-0.3, -0.25) is 9.59 Å². The number of rotatable bonds is 9. The second-order valence-corrected chi connectivity index (χ2v) is 10.1. The number of hydrogen-bond donors (Lipinski definition) is 1. The average Bonchev–Trinajstić information content (AvgIpc) is 3.20. The van der Waals surface area contributed by atoms with Gasteiger partial charge >= 0.3 is 5.97 Å². The zero-order valence-corrected chi connectivity index (χ0v) is 20.8. The molecule has 0 bridgehead atoms. The minimum atomic E-state index is -0.824. The average molecular weight is 504 g/mol. The van der Waals surface area contributed by atoms with Crippen molar-refractivity contribution in [1.29, 1.82) is 0 Å². The summed E-state index contributed by atoms with van der Waals surface area (Å²) in [6.45, 7) is 1.20. The van der Waals surface area contributed by atoms with Gasteiger partial charge in [-0.15, -0.1) is 0 Å². The van der Waals surface area contributed by atoms with Crippen LogP contribution in [0.3, 0.4) is 0 Å². The van der Waals surface area contributed by atoms with Gasteiger partial charge in [-0.05, 0) is 73.1 Å². The SMILES string of the molecule is O=C(O)CCCOc1ccc(-c2cc(Cl)c(CC3CCN(C4CCCCC4)C3=O)c(Cl)c2)cc1. The lowest BCUT2D eigenvalue weighted by Gasteiger charge is -2.31. The van der Waals surface area contributed by atoms with E-state index in [1.807, 2.05) is 36.4 Å². The number of carboxylic acids is 1. The third kappa shape index (κ3) is 6.05. The molecule has 0 spiro atoms. The van der Waals surface area contributed by atoms with Crippen molar-refractivity contribution < 1.29 is 19.4 Å². The van der Waals surface area contributed by atoms with Crippen molar-refractivity contribution in [2.24, 2.45) is 5.92 Å². The molecule has 1 saturated heterocycles. The fourth-order valence-corrected chi connectivity index (χ4v) is 5.72. The maximum Gasteiger partial charge on any atom is 0.303 e. The molecular weight excluding hydrogens is 473 g/mol. The normalized spacial score (nSPS) is 18.9. The minimum Gasteiger partial charge on any atom is -0.494 e. The number of likely N-dealkylation sites (tertiary alicyclic amines) is 1. The Bertz CT molecular complexity index is 995. The predicted molar refractivity (Wildman–Crippen MR) is 135 cm³/mol. The molecule has 2 aromatic carbocycles. The number of carbonyl (C=O) groups is 2. The van der Waals surface area contributed by atoms with Crippen molar-refractivity contribution in [3.05, 3.63) is 52.0 Å². The maximum atomic E-state index is 13.1. The molecule has 2 aliphatic rings. The van der Waals surface area contributed by atoms with Gasteiger partial charge in [0.2, 0.25) is 5.91 Å². The molecule has 4 rings (SSSR count). The first-order valence-electron chi connectivity index (χ1n) is 12.2. The number of carboxylic acid groups (broad SMARTS) is 1. The molecule has 1 unspecified atom stereocenters. The number of nitrogens with zero attached hydrogens (tertiary/aromatic N) is 1. The number of amides is 1. The second-order valence-electron chi connectivity index (χ2n) is 9.30. The Morgan fingerprint density at radius 1 is 1.00 bits per heavy atom.